The van der Waals surface area contributed by atoms with E-state index in [-0.39, 0.29) is 33.3 Å². The third-order valence-electron chi connectivity index (χ3n) is 4.55. The molecule has 128 valence electrons. The number of nitrogens with zero attached hydrogens (tertiary/aromatic N) is 1. The Balaban J connectivity index is 1.83. The lowest BCUT2D eigenvalue weighted by Crippen LogP contribution is -2.34. The topological polar surface area (TPSA) is 63.7 Å². The summed E-state index contributed by atoms with van der Waals surface area (Å²) in [7, 11) is 0. The molecule has 1 aromatic carbocycles. The van der Waals surface area contributed by atoms with Gasteiger partial charge in [0.2, 0.25) is 11.8 Å². The number of anilines is 1. The number of alkyl halides is 2. The predicted molar refractivity (Wildman–Crippen MR) is 96.5 cm³/mol. The number of ether oxygens (including phenoxy) is 1. The van der Waals surface area contributed by atoms with E-state index >= 15 is 0 Å². The fraction of sp³-hybridized carbons (Fsp3) is 0.471. The molecule has 1 saturated carbocycles. The van der Waals surface area contributed by atoms with Crippen LogP contribution >= 0.6 is 31.9 Å². The Labute approximate surface area is 157 Å². The van der Waals surface area contributed by atoms with Crippen molar-refractivity contribution in [2.24, 2.45) is 11.8 Å². The molecule has 4 atom stereocenters. The minimum Gasteiger partial charge on any atom is -0.462 e. The molecule has 7 heteroatoms. The summed E-state index contributed by atoms with van der Waals surface area (Å²) in [4.78, 5) is 38.7. The van der Waals surface area contributed by atoms with Crippen molar-refractivity contribution in [2.45, 2.75) is 29.4 Å². The largest absolute Gasteiger partial charge is 0.462 e. The van der Waals surface area contributed by atoms with E-state index in [1.54, 1.807) is 31.2 Å². The highest BCUT2D eigenvalue weighted by Gasteiger charge is 2.52. The number of rotatable bonds is 3. The van der Waals surface area contributed by atoms with Crippen molar-refractivity contribution in [3.63, 3.8) is 0 Å². The Hall–Kier alpha value is -1.21. The van der Waals surface area contributed by atoms with Crippen LogP contribution in [0.2, 0.25) is 0 Å². The third kappa shape index (κ3) is 3.04. The van der Waals surface area contributed by atoms with Crippen molar-refractivity contribution in [1.82, 2.24) is 0 Å². The molecule has 0 aromatic heterocycles. The molecule has 4 unspecified atom stereocenters. The van der Waals surface area contributed by atoms with Gasteiger partial charge in [-0.3, -0.25) is 14.5 Å². The Morgan fingerprint density at radius 2 is 1.58 bits per heavy atom. The maximum atomic E-state index is 12.7. The van der Waals surface area contributed by atoms with Gasteiger partial charge in [0.05, 0.1) is 29.7 Å². The van der Waals surface area contributed by atoms with Crippen LogP contribution in [0.5, 0.6) is 0 Å². The van der Waals surface area contributed by atoms with E-state index in [0.29, 0.717) is 30.7 Å². The number of imide groups is 1. The first kappa shape index (κ1) is 17.6. The number of amides is 2. The molecule has 1 aliphatic carbocycles. The first-order valence-corrected chi connectivity index (χ1v) is 9.70. The normalized spacial score (nSPS) is 29.5. The van der Waals surface area contributed by atoms with E-state index in [4.69, 9.17) is 4.74 Å². The average molecular weight is 459 g/mol. The highest BCUT2D eigenvalue weighted by molar-refractivity contribution is 9.12. The Morgan fingerprint density at radius 1 is 1.08 bits per heavy atom. The molecule has 1 saturated heterocycles. The lowest BCUT2D eigenvalue weighted by molar-refractivity contribution is -0.122. The SMILES string of the molecule is CCOC(=O)c1ccc(N2C(=O)C3CC(Br)C(Br)CC3C2=O)cc1. The quantitative estimate of drug-likeness (QED) is 0.396. The van der Waals surface area contributed by atoms with E-state index in [0.717, 1.165) is 0 Å². The Kier molecular flexibility index (Phi) is 5.11. The monoisotopic (exact) mass is 457 g/mol. The number of fused-ring (bicyclic) bond motifs is 1. The summed E-state index contributed by atoms with van der Waals surface area (Å²) in [6.07, 6.45) is 1.28. The second-order valence-electron chi connectivity index (χ2n) is 6.00. The summed E-state index contributed by atoms with van der Waals surface area (Å²) in [6, 6.07) is 6.40. The van der Waals surface area contributed by atoms with Crippen LogP contribution in [-0.4, -0.2) is 34.0 Å². The Morgan fingerprint density at radius 3 is 2.04 bits per heavy atom. The molecule has 2 amide bonds. The molecule has 1 aromatic rings. The van der Waals surface area contributed by atoms with Crippen molar-refractivity contribution in [3.8, 4) is 0 Å². The van der Waals surface area contributed by atoms with Crippen molar-refractivity contribution < 1.29 is 19.1 Å². The summed E-state index contributed by atoms with van der Waals surface area (Å²) in [5, 5.41) is 0. The number of carbonyl (C=O) groups excluding carboxylic acids is 3. The van der Waals surface area contributed by atoms with E-state index in [1.807, 2.05) is 0 Å². The van der Waals surface area contributed by atoms with Crippen LogP contribution in [0.3, 0.4) is 0 Å². The van der Waals surface area contributed by atoms with E-state index in [2.05, 4.69) is 31.9 Å². The average Bonchev–Trinajstić information content (AvgIpc) is 2.79. The summed E-state index contributed by atoms with van der Waals surface area (Å²) >= 11 is 7.15. The maximum absolute atomic E-state index is 12.7. The first-order valence-electron chi connectivity index (χ1n) is 7.87. The van der Waals surface area contributed by atoms with Gasteiger partial charge < -0.3 is 4.74 Å². The number of hydrogen-bond donors (Lipinski definition) is 0. The van der Waals surface area contributed by atoms with Gasteiger partial charge in [-0.2, -0.15) is 0 Å². The van der Waals surface area contributed by atoms with Gasteiger partial charge in [-0.25, -0.2) is 4.79 Å². The smallest absolute Gasteiger partial charge is 0.338 e. The second-order valence-corrected chi connectivity index (χ2v) is 8.35. The molecule has 5 nitrogen and oxygen atoms in total. The third-order valence-corrected chi connectivity index (χ3v) is 7.28. The van der Waals surface area contributed by atoms with Gasteiger partial charge in [-0.1, -0.05) is 31.9 Å². The highest BCUT2D eigenvalue weighted by atomic mass is 79.9. The van der Waals surface area contributed by atoms with Crippen molar-refractivity contribution in [2.75, 3.05) is 11.5 Å². The van der Waals surface area contributed by atoms with Crippen LogP contribution in [0.1, 0.15) is 30.1 Å². The van der Waals surface area contributed by atoms with Gasteiger partial charge in [0, 0.05) is 9.65 Å². The number of esters is 1. The van der Waals surface area contributed by atoms with Crippen molar-refractivity contribution in [1.29, 1.82) is 0 Å². The first-order chi connectivity index (χ1) is 11.4. The summed E-state index contributed by atoms with van der Waals surface area (Å²) in [5.41, 5.74) is 0.905. The van der Waals surface area contributed by atoms with Gasteiger partial charge in [-0.05, 0) is 44.0 Å². The van der Waals surface area contributed by atoms with Crippen LogP contribution in [0.25, 0.3) is 0 Å². The maximum Gasteiger partial charge on any atom is 0.338 e. The minimum absolute atomic E-state index is 0.155. The minimum atomic E-state index is -0.416. The predicted octanol–water partition coefficient (Wildman–Crippen LogP) is 3.29. The Bertz CT molecular complexity index is 648. The van der Waals surface area contributed by atoms with Gasteiger partial charge in [-0.15, -0.1) is 0 Å². The van der Waals surface area contributed by atoms with Crippen LogP contribution in [0.15, 0.2) is 24.3 Å². The fourth-order valence-electron chi connectivity index (χ4n) is 3.31. The number of carbonyl (C=O) groups is 3. The number of hydrogen-bond acceptors (Lipinski definition) is 4. The molecule has 2 fully saturated rings. The molecular formula is C17H17Br2NO4. The molecule has 24 heavy (non-hydrogen) atoms. The van der Waals surface area contributed by atoms with Crippen LogP contribution in [-0.2, 0) is 14.3 Å². The fourth-order valence-corrected chi connectivity index (χ4v) is 4.55. The lowest BCUT2D eigenvalue weighted by Gasteiger charge is -2.29. The molecule has 0 radical (unpaired) electrons. The van der Waals surface area contributed by atoms with Gasteiger partial charge in [0.1, 0.15) is 0 Å². The molecule has 0 N–H and O–H groups in total. The van der Waals surface area contributed by atoms with Gasteiger partial charge in [0.25, 0.3) is 0 Å². The molecule has 0 bridgehead atoms. The van der Waals surface area contributed by atoms with E-state index in [1.165, 1.54) is 4.90 Å². The van der Waals surface area contributed by atoms with E-state index in [9.17, 15) is 14.4 Å². The lowest BCUT2D eigenvalue weighted by atomic mass is 9.81. The molecule has 3 rings (SSSR count). The summed E-state index contributed by atoms with van der Waals surface area (Å²) < 4.78 is 4.94. The standard InChI is InChI=1S/C17H17Br2NO4/c1-2-24-17(23)9-3-5-10(6-4-9)20-15(21)11-7-13(18)14(19)8-12(11)16(20)22/h3-6,11-14H,2,7-8H2,1H3. The van der Waals surface area contributed by atoms with E-state index < -0.39 is 5.97 Å². The zero-order valence-corrected chi connectivity index (χ0v) is 16.2. The zero-order chi connectivity index (χ0) is 17.4. The highest BCUT2D eigenvalue weighted by Crippen LogP contribution is 2.44. The van der Waals surface area contributed by atoms with Crippen LogP contribution < -0.4 is 4.90 Å². The zero-order valence-electron chi connectivity index (χ0n) is 13.1. The second kappa shape index (κ2) is 6.96. The van der Waals surface area contributed by atoms with Crippen molar-refractivity contribution >= 4 is 55.3 Å². The van der Waals surface area contributed by atoms with Gasteiger partial charge in [0.15, 0.2) is 0 Å². The number of benzene rings is 1. The summed E-state index contributed by atoms with van der Waals surface area (Å²) in [5.74, 6) is -1.28. The van der Waals surface area contributed by atoms with Crippen molar-refractivity contribution in [3.05, 3.63) is 29.8 Å². The van der Waals surface area contributed by atoms with Crippen LogP contribution in [0.4, 0.5) is 5.69 Å². The summed E-state index contributed by atoms with van der Waals surface area (Å²) in [6.45, 7) is 2.04. The molecule has 1 aliphatic heterocycles. The molecule has 2 aliphatic rings. The van der Waals surface area contributed by atoms with Crippen LogP contribution in [0, 0.1) is 11.8 Å². The molecular weight excluding hydrogens is 442 g/mol. The van der Waals surface area contributed by atoms with Gasteiger partial charge >= 0.3 is 5.97 Å². The molecule has 0 spiro atoms. The molecule has 1 heterocycles. The number of halogens is 2.